The van der Waals surface area contributed by atoms with Crippen LogP contribution in [0.4, 0.5) is 17.6 Å². The predicted molar refractivity (Wildman–Crippen MR) is 137 cm³/mol. The van der Waals surface area contributed by atoms with E-state index < -0.39 is 0 Å². The summed E-state index contributed by atoms with van der Waals surface area (Å²) in [5.41, 5.74) is 8.65. The molecule has 3 aromatic rings. The summed E-state index contributed by atoms with van der Waals surface area (Å²) in [6, 6.07) is 3.95. The van der Waals surface area contributed by atoms with Crippen molar-refractivity contribution in [3.05, 3.63) is 33.9 Å². The van der Waals surface area contributed by atoms with Crippen LogP contribution < -0.4 is 16.4 Å². The van der Waals surface area contributed by atoms with E-state index in [1.807, 2.05) is 13.0 Å². The molecule has 0 atom stereocenters. The van der Waals surface area contributed by atoms with E-state index in [2.05, 4.69) is 20.2 Å². The third kappa shape index (κ3) is 5.17. The Morgan fingerprint density at radius 3 is 2.54 bits per heavy atom. The number of anilines is 3. The number of aryl methyl sites for hydroxylation is 1. The zero-order valence-corrected chi connectivity index (χ0v) is 21.1. The molecule has 2 aliphatic rings. The van der Waals surface area contributed by atoms with E-state index in [9.17, 15) is 4.79 Å². The number of imidazole rings is 1. The SMILES string of the molecule is Cc1cc(Cl)cc(Cl)c1Nc1nc2cnc(NC3CCOCC3)nc2n1[C@H]1CC[C@H](C(N)=O)CC1. The van der Waals surface area contributed by atoms with Crippen molar-refractivity contribution in [3.8, 4) is 0 Å². The number of hydrogen-bond donors (Lipinski definition) is 3. The lowest BCUT2D eigenvalue weighted by Gasteiger charge is -2.29. The molecule has 11 heteroatoms. The van der Waals surface area contributed by atoms with Gasteiger partial charge < -0.3 is 21.1 Å². The van der Waals surface area contributed by atoms with Crippen molar-refractivity contribution in [1.82, 2.24) is 19.5 Å². The zero-order valence-electron chi connectivity index (χ0n) is 19.6. The molecule has 1 amide bonds. The number of nitrogens with one attached hydrogen (secondary N) is 2. The first-order chi connectivity index (χ1) is 16.9. The first kappa shape index (κ1) is 24.1. The van der Waals surface area contributed by atoms with Gasteiger partial charge in [-0.05, 0) is 63.1 Å². The van der Waals surface area contributed by atoms with E-state index in [0.717, 1.165) is 68.6 Å². The van der Waals surface area contributed by atoms with Crippen LogP contribution >= 0.6 is 23.2 Å². The molecular weight excluding hydrogens is 489 g/mol. The van der Waals surface area contributed by atoms with E-state index in [-0.39, 0.29) is 23.9 Å². The van der Waals surface area contributed by atoms with Gasteiger partial charge >= 0.3 is 0 Å². The number of nitrogens with zero attached hydrogens (tertiary/aromatic N) is 4. The number of ether oxygens (including phenoxy) is 1. The molecule has 35 heavy (non-hydrogen) atoms. The maximum atomic E-state index is 11.7. The van der Waals surface area contributed by atoms with Crippen molar-refractivity contribution < 1.29 is 9.53 Å². The van der Waals surface area contributed by atoms with Gasteiger partial charge in [-0.3, -0.25) is 9.36 Å². The Kier molecular flexibility index (Phi) is 7.00. The van der Waals surface area contributed by atoms with Gasteiger partial charge in [-0.1, -0.05) is 23.2 Å². The van der Waals surface area contributed by atoms with E-state index in [1.165, 1.54) is 0 Å². The van der Waals surface area contributed by atoms with Gasteiger partial charge in [0, 0.05) is 36.2 Å². The van der Waals surface area contributed by atoms with Gasteiger partial charge in [-0.2, -0.15) is 4.98 Å². The van der Waals surface area contributed by atoms with E-state index in [1.54, 1.807) is 12.3 Å². The normalized spacial score (nSPS) is 21.2. The molecule has 1 aliphatic heterocycles. The van der Waals surface area contributed by atoms with Crippen LogP contribution in [0.5, 0.6) is 0 Å². The molecule has 1 saturated heterocycles. The third-order valence-corrected chi connectivity index (χ3v) is 7.46. The summed E-state index contributed by atoms with van der Waals surface area (Å²) < 4.78 is 7.58. The standard InChI is InChI=1S/C24H29Cl2N7O2/c1-13-10-15(25)11-18(26)20(13)31-24-30-19-12-28-23(29-16-6-8-35-9-7-16)32-22(19)33(24)17-4-2-14(3-5-17)21(27)34/h10-12,14,16-17H,2-9H2,1H3,(H2,27,34)(H,30,31)(H,28,29,32)/t14-,17-. The molecular formula is C24H29Cl2N7O2. The Hall–Kier alpha value is -2.62. The molecule has 3 heterocycles. The Balaban J connectivity index is 1.52. The quantitative estimate of drug-likeness (QED) is 0.420. The number of aromatic nitrogens is 4. The molecule has 1 aliphatic carbocycles. The number of nitrogens with two attached hydrogens (primary N) is 1. The van der Waals surface area contributed by atoms with E-state index >= 15 is 0 Å². The second kappa shape index (κ2) is 10.2. The Morgan fingerprint density at radius 1 is 1.11 bits per heavy atom. The van der Waals surface area contributed by atoms with Crippen molar-refractivity contribution in [1.29, 1.82) is 0 Å². The summed E-state index contributed by atoms with van der Waals surface area (Å²) in [4.78, 5) is 25.9. The molecule has 186 valence electrons. The number of carbonyl (C=O) groups excluding carboxylic acids is 1. The number of amides is 1. The lowest BCUT2D eigenvalue weighted by molar-refractivity contribution is -0.122. The molecule has 5 rings (SSSR count). The smallest absolute Gasteiger partial charge is 0.224 e. The van der Waals surface area contributed by atoms with Crippen molar-refractivity contribution in [2.24, 2.45) is 11.7 Å². The first-order valence-corrected chi connectivity index (χ1v) is 12.8. The Bertz CT molecular complexity index is 1210. The monoisotopic (exact) mass is 517 g/mol. The summed E-state index contributed by atoms with van der Waals surface area (Å²) in [7, 11) is 0. The minimum Gasteiger partial charge on any atom is -0.381 e. The number of halogens is 2. The lowest BCUT2D eigenvalue weighted by Crippen LogP contribution is -2.29. The number of rotatable bonds is 6. The van der Waals surface area contributed by atoms with Crippen molar-refractivity contribution in [2.75, 3.05) is 23.8 Å². The summed E-state index contributed by atoms with van der Waals surface area (Å²) in [6.45, 7) is 3.41. The second-order valence-electron chi connectivity index (χ2n) is 9.35. The molecule has 1 saturated carbocycles. The second-order valence-corrected chi connectivity index (χ2v) is 10.2. The highest BCUT2D eigenvalue weighted by Crippen LogP contribution is 2.38. The van der Waals surface area contributed by atoms with Crippen LogP contribution in [-0.2, 0) is 9.53 Å². The minimum absolute atomic E-state index is 0.0919. The van der Waals surface area contributed by atoms with Crippen LogP contribution in [0.2, 0.25) is 10.0 Å². The summed E-state index contributed by atoms with van der Waals surface area (Å²) in [5.74, 6) is 0.882. The van der Waals surface area contributed by atoms with E-state index in [4.69, 9.17) is 43.6 Å². The molecule has 0 unspecified atom stereocenters. The van der Waals surface area contributed by atoms with Gasteiger partial charge in [0.25, 0.3) is 0 Å². The zero-order chi connectivity index (χ0) is 24.5. The summed E-state index contributed by atoms with van der Waals surface area (Å²) in [5, 5.41) is 7.96. The number of fused-ring (bicyclic) bond motifs is 1. The van der Waals surface area contributed by atoms with Crippen molar-refractivity contribution in [2.45, 2.75) is 57.5 Å². The molecule has 4 N–H and O–H groups in total. The highest BCUT2D eigenvalue weighted by molar-refractivity contribution is 6.36. The summed E-state index contributed by atoms with van der Waals surface area (Å²) >= 11 is 12.7. The van der Waals surface area contributed by atoms with Crippen molar-refractivity contribution >= 4 is 57.9 Å². The number of hydrogen-bond acceptors (Lipinski definition) is 7. The maximum Gasteiger partial charge on any atom is 0.224 e. The topological polar surface area (TPSA) is 120 Å². The molecule has 0 spiro atoms. The molecule has 2 fully saturated rings. The number of carbonyl (C=O) groups is 1. The highest BCUT2D eigenvalue weighted by Gasteiger charge is 2.29. The Labute approximate surface area is 213 Å². The predicted octanol–water partition coefficient (Wildman–Crippen LogP) is 4.99. The minimum atomic E-state index is -0.230. The van der Waals surface area contributed by atoms with Crippen molar-refractivity contribution in [3.63, 3.8) is 0 Å². The third-order valence-electron chi connectivity index (χ3n) is 6.94. The molecule has 2 aromatic heterocycles. The highest BCUT2D eigenvalue weighted by atomic mass is 35.5. The summed E-state index contributed by atoms with van der Waals surface area (Å²) in [6.07, 6.45) is 6.65. The largest absolute Gasteiger partial charge is 0.381 e. The van der Waals surface area contributed by atoms with Crippen LogP contribution in [0, 0.1) is 12.8 Å². The lowest BCUT2D eigenvalue weighted by atomic mass is 9.85. The van der Waals surface area contributed by atoms with Crippen LogP contribution in [0.3, 0.4) is 0 Å². The van der Waals surface area contributed by atoms with Crippen LogP contribution in [0.1, 0.15) is 50.1 Å². The van der Waals surface area contributed by atoms with E-state index in [0.29, 0.717) is 27.5 Å². The molecule has 0 bridgehead atoms. The number of primary amides is 1. The maximum absolute atomic E-state index is 11.7. The van der Waals surface area contributed by atoms with Gasteiger partial charge in [0.1, 0.15) is 5.52 Å². The van der Waals surface area contributed by atoms with Crippen LogP contribution in [0.25, 0.3) is 11.2 Å². The first-order valence-electron chi connectivity index (χ1n) is 12.0. The van der Waals surface area contributed by atoms with Crippen LogP contribution in [-0.4, -0.2) is 44.7 Å². The van der Waals surface area contributed by atoms with Gasteiger partial charge in [-0.25, -0.2) is 9.97 Å². The fraction of sp³-hybridized carbons (Fsp3) is 0.500. The average molecular weight is 518 g/mol. The van der Waals surface area contributed by atoms with Gasteiger partial charge in [0.05, 0.1) is 16.9 Å². The van der Waals surface area contributed by atoms with Crippen LogP contribution in [0.15, 0.2) is 18.3 Å². The fourth-order valence-electron chi connectivity index (χ4n) is 5.01. The molecule has 9 nitrogen and oxygen atoms in total. The average Bonchev–Trinajstić information content (AvgIpc) is 3.19. The molecule has 1 aromatic carbocycles. The number of benzene rings is 1. The Morgan fingerprint density at radius 2 is 1.86 bits per heavy atom. The van der Waals surface area contributed by atoms with Gasteiger partial charge in [0.2, 0.25) is 17.8 Å². The fourth-order valence-corrected chi connectivity index (χ4v) is 5.65. The molecule has 0 radical (unpaired) electrons. The van der Waals surface area contributed by atoms with Gasteiger partial charge in [-0.15, -0.1) is 0 Å². The van der Waals surface area contributed by atoms with Gasteiger partial charge in [0.15, 0.2) is 5.65 Å².